The molecular weight excluding hydrogens is 861 g/mol. The first kappa shape index (κ1) is 56.6. The van der Waals surface area contributed by atoms with Crippen LogP contribution in [0.2, 0.25) is 0 Å². The molecule has 319 valence electrons. The average Bonchev–Trinajstić information content (AvgIpc) is 3.80. The molecule has 2 heterocycles. The zero-order valence-corrected chi connectivity index (χ0v) is 32.8. The quantitative estimate of drug-likeness (QED) is 0.0310. The molecule has 58 heavy (non-hydrogen) atoms. The SMILES string of the molecule is N[C@@H](CCCCN(Cc1nccn1CC(=O)O)Cc1nccn1CC(=O)O)C(=O)NCCCC[C@H](NC(=O)N[C@@H](CCC(=O)O)C(=O)O)C(=O)O.[99Tc].[C-]#[O+].[C-]#[O+].[C-]#[O+]. The van der Waals surface area contributed by atoms with Crippen LogP contribution in [0.5, 0.6) is 0 Å². The predicted octanol–water partition coefficient (Wildman–Crippen LogP) is -1.01. The molecule has 1 radical (unpaired) electrons. The maximum absolute atomic E-state index is 12.5. The number of aromatic nitrogens is 4. The number of carbonyl (C=O) groups is 7. The summed E-state index contributed by atoms with van der Waals surface area (Å²) in [6.45, 7) is 14.1. The topological polar surface area (TPSA) is 381 Å². The number of hydrogen-bond donors (Lipinski definition) is 9. The van der Waals surface area contributed by atoms with Gasteiger partial charge in [0.2, 0.25) is 5.91 Å². The third-order valence-corrected chi connectivity index (χ3v) is 7.59. The van der Waals surface area contributed by atoms with Gasteiger partial charge in [-0.05, 0) is 45.1 Å². The molecule has 0 spiro atoms. The van der Waals surface area contributed by atoms with E-state index in [1.807, 2.05) is 4.90 Å². The van der Waals surface area contributed by atoms with E-state index in [4.69, 9.17) is 29.9 Å². The van der Waals surface area contributed by atoms with Crippen molar-refractivity contribution in [2.75, 3.05) is 13.1 Å². The summed E-state index contributed by atoms with van der Waals surface area (Å²) in [5.74, 6) is -5.55. The number of rotatable bonds is 26. The molecular formula is C33H45N9O15Tc. The van der Waals surface area contributed by atoms with Crippen molar-refractivity contribution in [2.24, 2.45) is 5.73 Å². The van der Waals surface area contributed by atoms with Crippen molar-refractivity contribution in [1.29, 1.82) is 0 Å². The van der Waals surface area contributed by atoms with E-state index in [2.05, 4.69) is 45.9 Å². The Morgan fingerprint density at radius 2 is 1.14 bits per heavy atom. The van der Waals surface area contributed by atoms with Crippen molar-refractivity contribution in [3.63, 3.8) is 0 Å². The van der Waals surface area contributed by atoms with E-state index in [9.17, 15) is 48.9 Å². The standard InChI is InChI=1S/C30H45N9O12.3CO.Tc/c31-19(27(46)34-9-3-1-6-20(28(47)48)35-30(51)36-21(29(49)50)7-8-24(40)41)5-2-4-12-37(15-22-32-10-13-38(22)17-25(42)43)16-23-33-11-14-39(23)18-26(44)45;3*1-2;/h10-11,13-14,19-21H,1-9,12,15-18,31H2,(H,34,46)(H,40,41)(H,42,43)(H,44,45)(H,47,48)(H,49,50)(H2,35,36,51);;;;/t19-,20-,21-;;;;/m0..../s1/i;;;;1+1. The summed E-state index contributed by atoms with van der Waals surface area (Å²) >= 11 is 0. The number of carboxylic acid groups (broad SMARTS) is 5. The molecule has 0 aliphatic rings. The zero-order chi connectivity index (χ0) is 43.9. The van der Waals surface area contributed by atoms with Gasteiger partial charge in [0.15, 0.2) is 0 Å². The van der Waals surface area contributed by atoms with Gasteiger partial charge in [-0.3, -0.25) is 24.1 Å². The van der Waals surface area contributed by atoms with Crippen LogP contribution in [0.1, 0.15) is 63.0 Å². The van der Waals surface area contributed by atoms with E-state index in [-0.39, 0.29) is 72.1 Å². The molecule has 0 saturated carbocycles. The van der Waals surface area contributed by atoms with E-state index in [1.165, 1.54) is 21.5 Å². The first-order valence-corrected chi connectivity index (χ1v) is 16.7. The summed E-state index contributed by atoms with van der Waals surface area (Å²) in [5.41, 5.74) is 6.07. The van der Waals surface area contributed by atoms with Crippen LogP contribution in [-0.2, 0) is 89.0 Å². The van der Waals surface area contributed by atoms with Gasteiger partial charge in [0.1, 0.15) is 36.8 Å². The molecule has 2 aromatic rings. The van der Waals surface area contributed by atoms with E-state index < -0.39 is 66.3 Å². The van der Waals surface area contributed by atoms with Gasteiger partial charge in [-0.1, -0.05) is 6.42 Å². The Morgan fingerprint density at radius 3 is 1.57 bits per heavy atom. The van der Waals surface area contributed by atoms with Gasteiger partial charge in [-0.15, -0.1) is 0 Å². The Hall–Kier alpha value is -5.70. The van der Waals surface area contributed by atoms with Crippen LogP contribution >= 0.6 is 0 Å². The number of urea groups is 1. The van der Waals surface area contributed by atoms with Crippen molar-refractivity contribution in [3.8, 4) is 0 Å². The van der Waals surface area contributed by atoms with Crippen molar-refractivity contribution in [1.82, 2.24) is 40.0 Å². The first-order valence-electron chi connectivity index (χ1n) is 16.7. The number of nitrogens with zero attached hydrogens (tertiary/aromatic N) is 5. The molecule has 0 bridgehead atoms. The second-order valence-corrected chi connectivity index (χ2v) is 11.7. The molecule has 10 N–H and O–H groups in total. The monoisotopic (exact) mass is 906 g/mol. The van der Waals surface area contributed by atoms with Crippen LogP contribution in [0, 0.1) is 20.0 Å². The minimum atomic E-state index is -1.52. The number of carboxylic acids is 5. The number of imidazole rings is 2. The Balaban J connectivity index is -0.00000412. The van der Waals surface area contributed by atoms with E-state index in [0.29, 0.717) is 43.9 Å². The van der Waals surface area contributed by atoms with Crippen LogP contribution in [0.3, 0.4) is 0 Å². The Kier molecular flexibility index (Phi) is 32.6. The number of carbonyl (C=O) groups excluding carboxylic acids is 2. The molecule has 0 aliphatic carbocycles. The summed E-state index contributed by atoms with van der Waals surface area (Å²) in [6.07, 6.45) is 7.27. The van der Waals surface area contributed by atoms with Crippen LogP contribution in [0.25, 0.3) is 0 Å². The molecule has 3 atom stereocenters. The molecule has 0 unspecified atom stereocenters. The molecule has 0 saturated heterocycles. The summed E-state index contributed by atoms with van der Waals surface area (Å²) in [7, 11) is 0. The summed E-state index contributed by atoms with van der Waals surface area (Å²) in [6, 6.07) is -4.78. The fourth-order valence-corrected chi connectivity index (χ4v) is 4.96. The van der Waals surface area contributed by atoms with Gasteiger partial charge in [-0.25, -0.2) is 24.4 Å². The molecule has 25 heteroatoms. The van der Waals surface area contributed by atoms with Gasteiger partial charge in [-0.2, -0.15) is 0 Å². The molecule has 3 amide bonds. The Labute approximate surface area is 345 Å². The minimum absolute atomic E-state index is 0. The van der Waals surface area contributed by atoms with Crippen LogP contribution in [0.15, 0.2) is 24.8 Å². The van der Waals surface area contributed by atoms with Gasteiger partial charge >= 0.3 is 69.8 Å². The summed E-state index contributed by atoms with van der Waals surface area (Å²) in [4.78, 5) is 91.2. The molecule has 24 nitrogen and oxygen atoms in total. The molecule has 0 aliphatic heterocycles. The number of amides is 3. The van der Waals surface area contributed by atoms with E-state index >= 15 is 0 Å². The van der Waals surface area contributed by atoms with Crippen molar-refractivity contribution in [3.05, 3.63) is 56.4 Å². The molecule has 0 fully saturated rings. The second-order valence-electron chi connectivity index (χ2n) is 11.7. The van der Waals surface area contributed by atoms with E-state index in [1.54, 1.807) is 12.4 Å². The van der Waals surface area contributed by atoms with E-state index in [0.717, 1.165) is 0 Å². The maximum atomic E-state index is 12.5. The first-order chi connectivity index (χ1) is 27.2. The predicted molar refractivity (Wildman–Crippen MR) is 186 cm³/mol. The zero-order valence-electron chi connectivity index (χ0n) is 31.0. The van der Waals surface area contributed by atoms with Gasteiger partial charge < -0.3 is 56.4 Å². The summed E-state index contributed by atoms with van der Waals surface area (Å²) in [5, 5.41) is 52.7. The average molecular weight is 907 g/mol. The fourth-order valence-electron chi connectivity index (χ4n) is 4.96. The van der Waals surface area contributed by atoms with Gasteiger partial charge in [0, 0.05) is 57.9 Å². The third-order valence-electron chi connectivity index (χ3n) is 7.59. The third kappa shape index (κ3) is 24.7. The van der Waals surface area contributed by atoms with Crippen molar-refractivity contribution >= 4 is 41.8 Å². The normalized spacial score (nSPS) is 11.4. The number of nitrogens with one attached hydrogen (secondary N) is 3. The second kappa shape index (κ2) is 33.4. The Morgan fingerprint density at radius 1 is 0.690 bits per heavy atom. The van der Waals surface area contributed by atoms with Crippen LogP contribution in [-0.4, -0.2) is 123 Å². The molecule has 2 aromatic heterocycles. The van der Waals surface area contributed by atoms with Crippen molar-refractivity contribution in [2.45, 2.75) is 95.7 Å². The van der Waals surface area contributed by atoms with Crippen molar-refractivity contribution < 1.29 is 93.2 Å². The van der Waals surface area contributed by atoms with Gasteiger partial charge in [0.25, 0.3) is 0 Å². The summed E-state index contributed by atoms with van der Waals surface area (Å²) < 4.78 is 25.5. The number of hydrogen-bond acceptors (Lipinski definition) is 11. The number of nitrogens with two attached hydrogens (primary N) is 1. The van der Waals surface area contributed by atoms with Gasteiger partial charge in [0.05, 0.1) is 19.1 Å². The van der Waals surface area contributed by atoms with Crippen LogP contribution < -0.4 is 21.7 Å². The number of aliphatic carboxylic acids is 5. The molecule has 2 rings (SSSR count). The Bertz CT molecular complexity index is 1570. The fraction of sp³-hybridized carbons (Fsp3) is 0.515. The molecule has 0 aromatic carbocycles. The van der Waals surface area contributed by atoms with Crippen LogP contribution in [0.4, 0.5) is 4.79 Å². The number of unbranched alkanes of at least 4 members (excludes halogenated alkanes) is 2.